The van der Waals surface area contributed by atoms with E-state index >= 15 is 0 Å². The Morgan fingerprint density at radius 2 is 2.20 bits per heavy atom. The summed E-state index contributed by atoms with van der Waals surface area (Å²) in [5.41, 5.74) is 6.98. The first-order valence-corrected chi connectivity index (χ1v) is 6.00. The van der Waals surface area contributed by atoms with Crippen LogP contribution in [0.15, 0.2) is 4.47 Å². The Hall–Kier alpha value is -0.550. The van der Waals surface area contributed by atoms with Gasteiger partial charge >= 0.3 is 0 Å². The molecular weight excluding hydrogens is 256 g/mol. The SMILES string of the molecule is Cc1nn(C2CC(C)N(C)C2)c(N)c1Br. The molecule has 5 heteroatoms. The highest BCUT2D eigenvalue weighted by atomic mass is 79.9. The van der Waals surface area contributed by atoms with Crippen LogP contribution in [-0.2, 0) is 0 Å². The van der Waals surface area contributed by atoms with Crippen molar-refractivity contribution in [2.24, 2.45) is 0 Å². The fourth-order valence-corrected chi connectivity index (χ4v) is 2.42. The van der Waals surface area contributed by atoms with Crippen LogP contribution in [0.25, 0.3) is 0 Å². The van der Waals surface area contributed by atoms with Crippen molar-refractivity contribution in [3.05, 3.63) is 10.2 Å². The van der Waals surface area contributed by atoms with Gasteiger partial charge in [-0.1, -0.05) is 0 Å². The van der Waals surface area contributed by atoms with Crippen LogP contribution in [0.3, 0.4) is 0 Å². The Balaban J connectivity index is 2.28. The van der Waals surface area contributed by atoms with E-state index in [1.807, 2.05) is 11.6 Å². The lowest BCUT2D eigenvalue weighted by atomic mass is 10.2. The predicted octanol–water partition coefficient (Wildman–Crippen LogP) is 1.80. The average molecular weight is 273 g/mol. The molecule has 0 aliphatic carbocycles. The molecule has 1 aromatic heterocycles. The number of nitrogen functional groups attached to an aromatic ring is 1. The van der Waals surface area contributed by atoms with Crippen LogP contribution < -0.4 is 5.73 Å². The second-order valence-corrected chi connectivity index (χ2v) is 5.20. The van der Waals surface area contributed by atoms with Crippen LogP contribution in [0.5, 0.6) is 0 Å². The van der Waals surface area contributed by atoms with Crippen LogP contribution >= 0.6 is 15.9 Å². The molecule has 0 amide bonds. The number of anilines is 1. The molecule has 84 valence electrons. The first-order chi connectivity index (χ1) is 7.00. The van der Waals surface area contributed by atoms with Crippen molar-refractivity contribution in [3.8, 4) is 0 Å². The first-order valence-electron chi connectivity index (χ1n) is 5.21. The summed E-state index contributed by atoms with van der Waals surface area (Å²) >= 11 is 3.46. The number of halogens is 1. The van der Waals surface area contributed by atoms with Crippen molar-refractivity contribution in [1.82, 2.24) is 14.7 Å². The lowest BCUT2D eigenvalue weighted by Gasteiger charge is -2.13. The summed E-state index contributed by atoms with van der Waals surface area (Å²) in [6.45, 7) is 5.24. The van der Waals surface area contributed by atoms with Crippen LogP contribution in [0.1, 0.15) is 25.1 Å². The number of aryl methyl sites for hydroxylation is 1. The maximum absolute atomic E-state index is 6.01. The molecule has 2 unspecified atom stereocenters. The zero-order valence-electron chi connectivity index (χ0n) is 9.37. The second kappa shape index (κ2) is 3.79. The Kier molecular flexibility index (Phi) is 2.77. The molecule has 2 N–H and O–H groups in total. The van der Waals surface area contributed by atoms with Gasteiger partial charge in [-0.3, -0.25) is 0 Å². The van der Waals surface area contributed by atoms with E-state index in [9.17, 15) is 0 Å². The van der Waals surface area contributed by atoms with E-state index in [-0.39, 0.29) is 0 Å². The molecule has 2 rings (SSSR count). The minimum absolute atomic E-state index is 0.412. The van der Waals surface area contributed by atoms with Crippen molar-refractivity contribution in [2.75, 3.05) is 19.3 Å². The quantitative estimate of drug-likeness (QED) is 0.848. The lowest BCUT2D eigenvalue weighted by Crippen LogP contribution is -2.22. The highest BCUT2D eigenvalue weighted by Crippen LogP contribution is 2.31. The van der Waals surface area contributed by atoms with Gasteiger partial charge in [0.25, 0.3) is 0 Å². The monoisotopic (exact) mass is 272 g/mol. The molecule has 0 radical (unpaired) electrons. The van der Waals surface area contributed by atoms with Gasteiger partial charge in [-0.05, 0) is 43.2 Å². The molecule has 0 bridgehead atoms. The third kappa shape index (κ3) is 1.78. The first kappa shape index (κ1) is 11.0. The van der Waals surface area contributed by atoms with Gasteiger partial charge < -0.3 is 10.6 Å². The van der Waals surface area contributed by atoms with E-state index in [0.29, 0.717) is 12.1 Å². The highest BCUT2D eigenvalue weighted by molar-refractivity contribution is 9.10. The van der Waals surface area contributed by atoms with Crippen LogP contribution in [0.2, 0.25) is 0 Å². The second-order valence-electron chi connectivity index (χ2n) is 4.41. The summed E-state index contributed by atoms with van der Waals surface area (Å²) in [5, 5.41) is 4.48. The molecule has 1 saturated heterocycles. The lowest BCUT2D eigenvalue weighted by molar-refractivity contribution is 0.323. The number of rotatable bonds is 1. The summed E-state index contributed by atoms with van der Waals surface area (Å²) < 4.78 is 2.89. The molecule has 15 heavy (non-hydrogen) atoms. The molecule has 1 fully saturated rings. The van der Waals surface area contributed by atoms with E-state index in [0.717, 1.165) is 29.0 Å². The van der Waals surface area contributed by atoms with E-state index in [4.69, 9.17) is 5.73 Å². The Morgan fingerprint density at radius 1 is 1.53 bits per heavy atom. The maximum Gasteiger partial charge on any atom is 0.136 e. The topological polar surface area (TPSA) is 47.1 Å². The third-order valence-electron chi connectivity index (χ3n) is 3.26. The third-order valence-corrected chi connectivity index (χ3v) is 4.24. The zero-order valence-corrected chi connectivity index (χ0v) is 11.0. The Bertz CT molecular complexity index is 364. The predicted molar refractivity (Wildman–Crippen MR) is 64.8 cm³/mol. The molecule has 1 aromatic rings. The van der Waals surface area contributed by atoms with Gasteiger partial charge in [0.15, 0.2) is 0 Å². The standard InChI is InChI=1S/C10H17BrN4/c1-6-4-8(5-14(6)3)15-10(12)9(11)7(2)13-15/h6,8H,4-5,12H2,1-3H3. The van der Waals surface area contributed by atoms with Gasteiger partial charge in [0.1, 0.15) is 5.82 Å². The number of aromatic nitrogens is 2. The van der Waals surface area contributed by atoms with Crippen LogP contribution in [0.4, 0.5) is 5.82 Å². The van der Waals surface area contributed by atoms with E-state index in [1.165, 1.54) is 0 Å². The Morgan fingerprint density at radius 3 is 2.60 bits per heavy atom. The average Bonchev–Trinajstić information content (AvgIpc) is 2.63. The minimum Gasteiger partial charge on any atom is -0.383 e. The number of nitrogens with two attached hydrogens (primary N) is 1. The maximum atomic E-state index is 6.01. The van der Waals surface area contributed by atoms with Gasteiger partial charge in [0.2, 0.25) is 0 Å². The van der Waals surface area contributed by atoms with Crippen molar-refractivity contribution >= 4 is 21.7 Å². The number of likely N-dealkylation sites (tertiary alicyclic amines) is 1. The largest absolute Gasteiger partial charge is 0.383 e. The molecule has 4 nitrogen and oxygen atoms in total. The van der Waals surface area contributed by atoms with E-state index < -0.39 is 0 Å². The fourth-order valence-electron chi connectivity index (χ4n) is 2.16. The molecule has 0 aromatic carbocycles. The number of nitrogens with zero attached hydrogens (tertiary/aromatic N) is 3. The smallest absolute Gasteiger partial charge is 0.136 e. The summed E-state index contributed by atoms with van der Waals surface area (Å²) in [6, 6.07) is 1.02. The molecule has 1 aliphatic heterocycles. The van der Waals surface area contributed by atoms with Gasteiger partial charge in [-0.25, -0.2) is 4.68 Å². The number of likely N-dealkylation sites (N-methyl/N-ethyl adjacent to an activating group) is 1. The fraction of sp³-hybridized carbons (Fsp3) is 0.700. The Labute approximate surface area is 98.6 Å². The van der Waals surface area contributed by atoms with Crippen LogP contribution in [0, 0.1) is 6.92 Å². The molecule has 0 spiro atoms. The summed E-state index contributed by atoms with van der Waals surface area (Å²) in [5.74, 6) is 0.750. The van der Waals surface area contributed by atoms with Gasteiger partial charge in [0, 0.05) is 12.6 Å². The normalized spacial score (nSPS) is 27.5. The van der Waals surface area contributed by atoms with Crippen molar-refractivity contribution in [3.63, 3.8) is 0 Å². The van der Waals surface area contributed by atoms with Gasteiger partial charge in [-0.15, -0.1) is 0 Å². The number of hydrogen-bond acceptors (Lipinski definition) is 3. The summed E-state index contributed by atoms with van der Waals surface area (Å²) in [6.07, 6.45) is 1.12. The highest BCUT2D eigenvalue weighted by Gasteiger charge is 2.29. The van der Waals surface area contributed by atoms with E-state index in [1.54, 1.807) is 0 Å². The van der Waals surface area contributed by atoms with Crippen molar-refractivity contribution in [1.29, 1.82) is 0 Å². The number of hydrogen-bond donors (Lipinski definition) is 1. The van der Waals surface area contributed by atoms with Crippen molar-refractivity contribution < 1.29 is 0 Å². The summed E-state index contributed by atoms with van der Waals surface area (Å²) in [7, 11) is 2.15. The molecule has 0 saturated carbocycles. The van der Waals surface area contributed by atoms with Gasteiger partial charge in [0.05, 0.1) is 16.2 Å². The summed E-state index contributed by atoms with van der Waals surface area (Å²) in [4.78, 5) is 2.34. The zero-order chi connectivity index (χ0) is 11.2. The molecule has 1 aliphatic rings. The van der Waals surface area contributed by atoms with E-state index in [2.05, 4.69) is 39.9 Å². The molecule has 2 atom stereocenters. The van der Waals surface area contributed by atoms with Gasteiger partial charge in [-0.2, -0.15) is 5.10 Å². The van der Waals surface area contributed by atoms with Crippen molar-refractivity contribution in [2.45, 2.75) is 32.4 Å². The van der Waals surface area contributed by atoms with Crippen LogP contribution in [-0.4, -0.2) is 34.3 Å². The molecular formula is C10H17BrN4. The molecule has 2 heterocycles. The minimum atomic E-state index is 0.412.